The highest BCUT2D eigenvalue weighted by Crippen LogP contribution is 2.31. The summed E-state index contributed by atoms with van der Waals surface area (Å²) in [5, 5.41) is 8.15. The Bertz CT molecular complexity index is 571. The van der Waals surface area contributed by atoms with Gasteiger partial charge in [-0.1, -0.05) is 12.1 Å². The summed E-state index contributed by atoms with van der Waals surface area (Å²) in [5.41, 5.74) is 3.27. The molecule has 1 N–H and O–H groups in total. The van der Waals surface area contributed by atoms with E-state index in [4.69, 9.17) is 4.74 Å². The van der Waals surface area contributed by atoms with Gasteiger partial charge in [0.2, 0.25) is 0 Å². The Morgan fingerprint density at radius 3 is 2.95 bits per heavy atom. The van der Waals surface area contributed by atoms with E-state index >= 15 is 0 Å². The highest BCUT2D eigenvalue weighted by molar-refractivity contribution is 5.67. The van der Waals surface area contributed by atoms with Gasteiger partial charge >= 0.3 is 0 Å². The molecule has 3 rings (SSSR count). The van der Waals surface area contributed by atoms with Gasteiger partial charge in [-0.05, 0) is 37.6 Å². The van der Waals surface area contributed by atoms with E-state index in [-0.39, 0.29) is 0 Å². The number of aromatic nitrogens is 2. The number of nitrogens with zero attached hydrogens (tertiary/aromatic N) is 2. The van der Waals surface area contributed by atoms with Crippen LogP contribution < -0.4 is 10.1 Å². The van der Waals surface area contributed by atoms with Crippen molar-refractivity contribution in [3.05, 3.63) is 36.0 Å². The number of nitrogens with one attached hydrogen (secondary N) is 1. The highest BCUT2D eigenvalue weighted by Gasteiger charge is 2.21. The molecule has 0 amide bonds. The summed E-state index contributed by atoms with van der Waals surface area (Å²) in [6.45, 7) is 1.10. The topological polar surface area (TPSA) is 39.1 Å². The number of hydrogen-bond acceptors (Lipinski definition) is 3. The summed E-state index contributed by atoms with van der Waals surface area (Å²) in [7, 11) is 3.70. The third-order valence-electron chi connectivity index (χ3n) is 3.72. The molecule has 0 bridgehead atoms. The monoisotopic (exact) mass is 257 g/mol. The second kappa shape index (κ2) is 5.05. The molecule has 4 nitrogen and oxygen atoms in total. The van der Waals surface area contributed by atoms with Gasteiger partial charge in [-0.2, -0.15) is 5.10 Å². The van der Waals surface area contributed by atoms with Crippen molar-refractivity contribution in [2.24, 2.45) is 7.05 Å². The van der Waals surface area contributed by atoms with Crippen LogP contribution in [0.25, 0.3) is 11.3 Å². The van der Waals surface area contributed by atoms with Gasteiger partial charge in [0.15, 0.2) is 0 Å². The first-order valence-corrected chi connectivity index (χ1v) is 6.70. The Kier molecular flexibility index (Phi) is 3.25. The Balaban J connectivity index is 1.99. The van der Waals surface area contributed by atoms with E-state index in [0.717, 1.165) is 23.6 Å². The molecule has 19 heavy (non-hydrogen) atoms. The quantitative estimate of drug-likeness (QED) is 0.918. The molecule has 1 saturated heterocycles. The lowest BCUT2D eigenvalue weighted by Gasteiger charge is -2.09. The van der Waals surface area contributed by atoms with Crippen LogP contribution in [0.3, 0.4) is 0 Å². The Morgan fingerprint density at radius 2 is 2.21 bits per heavy atom. The number of ether oxygens (including phenoxy) is 1. The zero-order valence-electron chi connectivity index (χ0n) is 11.4. The lowest BCUT2D eigenvalue weighted by molar-refractivity contribution is 0.416. The maximum Gasteiger partial charge on any atom is 0.128 e. The van der Waals surface area contributed by atoms with Gasteiger partial charge in [-0.15, -0.1) is 0 Å². The molecule has 1 aromatic heterocycles. The molecule has 1 aliphatic rings. The molecule has 1 fully saturated rings. The van der Waals surface area contributed by atoms with Crippen LogP contribution in [0.1, 0.15) is 24.6 Å². The number of aryl methyl sites for hydroxylation is 1. The lowest BCUT2D eigenvalue weighted by Crippen LogP contribution is -2.16. The SMILES string of the molecule is COc1ccccc1-c1cc(C2CCCN2)n(C)n1. The predicted molar refractivity (Wildman–Crippen MR) is 75.2 cm³/mol. The molecular weight excluding hydrogens is 238 g/mol. The Labute approximate surface area is 113 Å². The van der Waals surface area contributed by atoms with Gasteiger partial charge in [0.25, 0.3) is 0 Å². The minimum absolute atomic E-state index is 0.431. The normalized spacial score (nSPS) is 18.7. The molecule has 0 saturated carbocycles. The number of rotatable bonds is 3. The molecule has 2 heterocycles. The molecule has 1 aliphatic heterocycles. The highest BCUT2D eigenvalue weighted by atomic mass is 16.5. The molecule has 100 valence electrons. The second-order valence-electron chi connectivity index (χ2n) is 4.93. The van der Waals surface area contributed by atoms with E-state index in [9.17, 15) is 0 Å². The van der Waals surface area contributed by atoms with Crippen molar-refractivity contribution >= 4 is 0 Å². The maximum absolute atomic E-state index is 5.41. The van der Waals surface area contributed by atoms with Crippen LogP contribution in [0.15, 0.2) is 30.3 Å². The first-order chi connectivity index (χ1) is 9.29. The zero-order valence-corrected chi connectivity index (χ0v) is 11.4. The predicted octanol–water partition coefficient (Wildman–Crippen LogP) is 2.52. The number of hydrogen-bond donors (Lipinski definition) is 1. The fourth-order valence-corrected chi connectivity index (χ4v) is 2.73. The van der Waals surface area contributed by atoms with Crippen LogP contribution in [0, 0.1) is 0 Å². The maximum atomic E-state index is 5.41. The van der Waals surface area contributed by atoms with E-state index < -0.39 is 0 Å². The van der Waals surface area contributed by atoms with Crippen molar-refractivity contribution in [2.45, 2.75) is 18.9 Å². The number of methoxy groups -OCH3 is 1. The summed E-state index contributed by atoms with van der Waals surface area (Å²) < 4.78 is 7.39. The lowest BCUT2D eigenvalue weighted by atomic mass is 10.1. The molecule has 0 spiro atoms. The van der Waals surface area contributed by atoms with E-state index in [1.807, 2.05) is 36.0 Å². The summed E-state index contributed by atoms with van der Waals surface area (Å²) in [6.07, 6.45) is 2.42. The Morgan fingerprint density at radius 1 is 1.37 bits per heavy atom. The summed E-state index contributed by atoms with van der Waals surface area (Å²) in [4.78, 5) is 0. The van der Waals surface area contributed by atoms with Crippen LogP contribution in [0.5, 0.6) is 5.75 Å². The van der Waals surface area contributed by atoms with Crippen LogP contribution in [-0.4, -0.2) is 23.4 Å². The van der Waals surface area contributed by atoms with Crippen LogP contribution in [0.4, 0.5) is 0 Å². The summed E-state index contributed by atoms with van der Waals surface area (Å²) in [5.74, 6) is 0.867. The van der Waals surface area contributed by atoms with Crippen molar-refractivity contribution in [2.75, 3.05) is 13.7 Å². The van der Waals surface area contributed by atoms with Crippen molar-refractivity contribution in [1.29, 1.82) is 0 Å². The van der Waals surface area contributed by atoms with Crippen molar-refractivity contribution in [3.8, 4) is 17.0 Å². The first-order valence-electron chi connectivity index (χ1n) is 6.70. The van der Waals surface area contributed by atoms with E-state index in [1.165, 1.54) is 18.5 Å². The van der Waals surface area contributed by atoms with Gasteiger partial charge in [-0.3, -0.25) is 4.68 Å². The number of benzene rings is 1. The molecule has 1 unspecified atom stereocenters. The zero-order chi connectivity index (χ0) is 13.2. The average Bonchev–Trinajstić information content (AvgIpc) is 3.07. The summed E-state index contributed by atoms with van der Waals surface area (Å²) in [6, 6.07) is 10.6. The second-order valence-corrected chi connectivity index (χ2v) is 4.93. The molecule has 0 radical (unpaired) electrons. The first kappa shape index (κ1) is 12.2. The molecule has 1 atom stereocenters. The molecule has 4 heteroatoms. The molecular formula is C15H19N3O. The van der Waals surface area contributed by atoms with Gasteiger partial charge < -0.3 is 10.1 Å². The van der Waals surface area contributed by atoms with Gasteiger partial charge in [-0.25, -0.2) is 0 Å². The third kappa shape index (κ3) is 2.24. The standard InChI is InChI=1S/C15H19N3O/c1-18-14(12-7-5-9-16-12)10-13(17-18)11-6-3-4-8-15(11)19-2/h3-4,6,8,10,12,16H,5,7,9H2,1-2H3. The minimum atomic E-state index is 0.431. The Hall–Kier alpha value is -1.81. The van der Waals surface area contributed by atoms with Gasteiger partial charge in [0, 0.05) is 18.7 Å². The van der Waals surface area contributed by atoms with Crippen LogP contribution >= 0.6 is 0 Å². The van der Waals surface area contributed by atoms with Crippen LogP contribution in [-0.2, 0) is 7.05 Å². The van der Waals surface area contributed by atoms with Crippen molar-refractivity contribution in [1.82, 2.24) is 15.1 Å². The van der Waals surface area contributed by atoms with Crippen molar-refractivity contribution < 1.29 is 4.74 Å². The van der Waals surface area contributed by atoms with E-state index in [2.05, 4.69) is 16.5 Å². The smallest absolute Gasteiger partial charge is 0.128 e. The summed E-state index contributed by atoms with van der Waals surface area (Å²) >= 11 is 0. The molecule has 0 aliphatic carbocycles. The fraction of sp³-hybridized carbons (Fsp3) is 0.400. The fourth-order valence-electron chi connectivity index (χ4n) is 2.73. The largest absolute Gasteiger partial charge is 0.496 e. The van der Waals surface area contributed by atoms with Gasteiger partial charge in [0.1, 0.15) is 5.75 Å². The van der Waals surface area contributed by atoms with E-state index in [1.54, 1.807) is 7.11 Å². The molecule has 2 aromatic rings. The van der Waals surface area contributed by atoms with Gasteiger partial charge in [0.05, 0.1) is 18.5 Å². The minimum Gasteiger partial charge on any atom is -0.496 e. The van der Waals surface area contributed by atoms with Crippen LogP contribution in [0.2, 0.25) is 0 Å². The average molecular weight is 257 g/mol. The van der Waals surface area contributed by atoms with E-state index in [0.29, 0.717) is 6.04 Å². The van der Waals surface area contributed by atoms with Crippen molar-refractivity contribution in [3.63, 3.8) is 0 Å². The number of para-hydroxylation sites is 1. The third-order valence-corrected chi connectivity index (χ3v) is 3.72. The molecule has 1 aromatic carbocycles.